The number of carbonyl (C=O) groups excluding carboxylic acids is 1. The van der Waals surface area contributed by atoms with Gasteiger partial charge in [-0.15, -0.1) is 0 Å². The van der Waals surface area contributed by atoms with Crippen LogP contribution in [-0.4, -0.2) is 58.8 Å². The third kappa shape index (κ3) is 3.93. The summed E-state index contributed by atoms with van der Waals surface area (Å²) in [5.41, 5.74) is -0.864. The number of aliphatic carboxylic acids is 1. The van der Waals surface area contributed by atoms with Crippen LogP contribution in [0.25, 0.3) is 0 Å². The Morgan fingerprint density at radius 2 is 1.80 bits per heavy atom. The van der Waals surface area contributed by atoms with Crippen LogP contribution in [0, 0.1) is 5.92 Å². The topological polar surface area (TPSA) is 89.9 Å². The molecule has 0 bridgehead atoms. The Labute approximate surface area is 119 Å². The van der Waals surface area contributed by atoms with Crippen molar-refractivity contribution in [3.8, 4) is 0 Å². The van der Waals surface area contributed by atoms with Gasteiger partial charge in [-0.05, 0) is 38.5 Å². The maximum atomic E-state index is 11.8. The SMILES string of the molecule is O=C(O)C1CCC(O)(CNCC(=O)N2CCCC2)CC1. The molecule has 6 heteroatoms. The van der Waals surface area contributed by atoms with Crippen LogP contribution in [0.15, 0.2) is 0 Å². The van der Waals surface area contributed by atoms with E-state index in [1.165, 1.54) is 0 Å². The molecule has 2 aliphatic rings. The first-order valence-corrected chi connectivity index (χ1v) is 7.44. The van der Waals surface area contributed by atoms with Crippen molar-refractivity contribution >= 4 is 11.9 Å². The Balaban J connectivity index is 1.68. The van der Waals surface area contributed by atoms with E-state index in [0.29, 0.717) is 32.2 Å². The minimum absolute atomic E-state index is 0.0883. The second-order valence-electron chi connectivity index (χ2n) is 6.03. The number of amides is 1. The molecule has 6 nitrogen and oxygen atoms in total. The summed E-state index contributed by atoms with van der Waals surface area (Å²) in [6.07, 6.45) is 4.13. The molecule has 0 atom stereocenters. The molecule has 1 heterocycles. The van der Waals surface area contributed by atoms with Crippen molar-refractivity contribution in [2.75, 3.05) is 26.2 Å². The molecule has 114 valence electrons. The normalized spacial score (nSPS) is 30.4. The molecule has 0 aromatic carbocycles. The highest BCUT2D eigenvalue weighted by atomic mass is 16.4. The second-order valence-corrected chi connectivity index (χ2v) is 6.03. The largest absolute Gasteiger partial charge is 0.481 e. The van der Waals surface area contributed by atoms with Crippen molar-refractivity contribution in [2.45, 2.75) is 44.1 Å². The highest BCUT2D eigenvalue weighted by Crippen LogP contribution is 2.31. The van der Waals surface area contributed by atoms with Crippen LogP contribution in [0.1, 0.15) is 38.5 Å². The van der Waals surface area contributed by atoms with Gasteiger partial charge in [0, 0.05) is 19.6 Å². The second kappa shape index (κ2) is 6.54. The highest BCUT2D eigenvalue weighted by Gasteiger charge is 2.35. The number of nitrogens with zero attached hydrogens (tertiary/aromatic N) is 1. The Bertz CT molecular complexity index is 358. The van der Waals surface area contributed by atoms with Crippen LogP contribution < -0.4 is 5.32 Å². The summed E-state index contributed by atoms with van der Waals surface area (Å²) in [7, 11) is 0. The third-order valence-corrected chi connectivity index (χ3v) is 4.45. The molecular formula is C14H24N2O4. The number of likely N-dealkylation sites (tertiary alicyclic amines) is 1. The summed E-state index contributed by atoms with van der Waals surface area (Å²) >= 11 is 0. The van der Waals surface area contributed by atoms with Crippen molar-refractivity contribution in [3.05, 3.63) is 0 Å². The number of hydrogen-bond donors (Lipinski definition) is 3. The highest BCUT2D eigenvalue weighted by molar-refractivity contribution is 5.78. The number of rotatable bonds is 5. The zero-order valence-corrected chi connectivity index (χ0v) is 11.8. The zero-order valence-electron chi connectivity index (χ0n) is 11.8. The van der Waals surface area contributed by atoms with Crippen LogP contribution in [0.5, 0.6) is 0 Å². The van der Waals surface area contributed by atoms with E-state index in [0.717, 1.165) is 25.9 Å². The van der Waals surface area contributed by atoms with Crippen LogP contribution in [0.2, 0.25) is 0 Å². The molecule has 2 fully saturated rings. The van der Waals surface area contributed by atoms with E-state index >= 15 is 0 Å². The van der Waals surface area contributed by atoms with Crippen molar-refractivity contribution in [3.63, 3.8) is 0 Å². The zero-order chi connectivity index (χ0) is 14.6. The molecule has 3 N–H and O–H groups in total. The average Bonchev–Trinajstić information content (AvgIpc) is 2.93. The number of carboxylic acid groups (broad SMARTS) is 1. The van der Waals surface area contributed by atoms with E-state index in [4.69, 9.17) is 5.11 Å². The molecule has 2 rings (SSSR count). The molecule has 0 aromatic heterocycles. The minimum Gasteiger partial charge on any atom is -0.481 e. The van der Waals surface area contributed by atoms with E-state index < -0.39 is 11.6 Å². The Morgan fingerprint density at radius 1 is 1.20 bits per heavy atom. The molecule has 0 aromatic rings. The summed E-state index contributed by atoms with van der Waals surface area (Å²) in [6, 6.07) is 0. The lowest BCUT2D eigenvalue weighted by Gasteiger charge is -2.34. The van der Waals surface area contributed by atoms with Gasteiger partial charge in [0.25, 0.3) is 0 Å². The number of carboxylic acids is 1. The lowest BCUT2D eigenvalue weighted by molar-refractivity contribution is -0.144. The number of carbonyl (C=O) groups is 2. The van der Waals surface area contributed by atoms with Crippen LogP contribution in [0.4, 0.5) is 0 Å². The molecule has 1 aliphatic carbocycles. The first kappa shape index (κ1) is 15.3. The Kier molecular flexibility index (Phi) is 4.99. The van der Waals surface area contributed by atoms with Gasteiger partial charge < -0.3 is 20.4 Å². The predicted molar refractivity (Wildman–Crippen MR) is 73.2 cm³/mol. The van der Waals surface area contributed by atoms with Gasteiger partial charge in [0.15, 0.2) is 0 Å². The first-order valence-electron chi connectivity index (χ1n) is 7.44. The minimum atomic E-state index is -0.864. The number of aliphatic hydroxyl groups is 1. The van der Waals surface area contributed by atoms with E-state index in [1.54, 1.807) is 0 Å². The summed E-state index contributed by atoms with van der Waals surface area (Å²) in [6.45, 7) is 2.29. The van der Waals surface area contributed by atoms with Crippen LogP contribution >= 0.6 is 0 Å². The third-order valence-electron chi connectivity index (χ3n) is 4.45. The molecule has 1 aliphatic heterocycles. The van der Waals surface area contributed by atoms with E-state index in [1.807, 2.05) is 4.90 Å². The van der Waals surface area contributed by atoms with Crippen molar-refractivity contribution in [1.82, 2.24) is 10.2 Å². The number of nitrogens with one attached hydrogen (secondary N) is 1. The van der Waals surface area contributed by atoms with Crippen LogP contribution in [-0.2, 0) is 9.59 Å². The summed E-state index contributed by atoms with van der Waals surface area (Å²) in [5.74, 6) is -1.02. The fourth-order valence-corrected chi connectivity index (χ4v) is 3.06. The van der Waals surface area contributed by atoms with Gasteiger partial charge in [0.05, 0.1) is 18.1 Å². The standard InChI is InChI=1S/C14H24N2O4/c17-12(16-7-1-2-8-16)9-15-10-14(20)5-3-11(4-6-14)13(18)19/h11,15,20H,1-10H2,(H,18,19). The molecule has 1 saturated carbocycles. The van der Waals surface area contributed by atoms with Gasteiger partial charge in [-0.1, -0.05) is 0 Å². The van der Waals surface area contributed by atoms with Gasteiger partial charge >= 0.3 is 5.97 Å². The monoisotopic (exact) mass is 284 g/mol. The van der Waals surface area contributed by atoms with Crippen molar-refractivity contribution in [1.29, 1.82) is 0 Å². The van der Waals surface area contributed by atoms with Gasteiger partial charge in [0.1, 0.15) is 0 Å². The molecule has 1 saturated heterocycles. The summed E-state index contributed by atoms with van der Waals surface area (Å²) in [5, 5.41) is 22.3. The Morgan fingerprint density at radius 3 is 2.35 bits per heavy atom. The quantitative estimate of drug-likeness (QED) is 0.671. The van der Waals surface area contributed by atoms with Gasteiger partial charge in [0.2, 0.25) is 5.91 Å². The Hall–Kier alpha value is -1.14. The van der Waals surface area contributed by atoms with Gasteiger partial charge in [-0.2, -0.15) is 0 Å². The average molecular weight is 284 g/mol. The van der Waals surface area contributed by atoms with E-state index in [9.17, 15) is 14.7 Å². The molecule has 0 spiro atoms. The van der Waals surface area contributed by atoms with E-state index in [2.05, 4.69) is 5.32 Å². The number of hydrogen-bond acceptors (Lipinski definition) is 4. The van der Waals surface area contributed by atoms with Gasteiger partial charge in [-0.3, -0.25) is 9.59 Å². The lowest BCUT2D eigenvalue weighted by atomic mass is 9.79. The van der Waals surface area contributed by atoms with Crippen molar-refractivity contribution in [2.24, 2.45) is 5.92 Å². The van der Waals surface area contributed by atoms with Crippen molar-refractivity contribution < 1.29 is 19.8 Å². The lowest BCUT2D eigenvalue weighted by Crippen LogP contribution is -2.47. The summed E-state index contributed by atoms with van der Waals surface area (Å²) < 4.78 is 0. The predicted octanol–water partition coefficient (Wildman–Crippen LogP) is 0.204. The molecule has 1 amide bonds. The summed E-state index contributed by atoms with van der Waals surface area (Å²) in [4.78, 5) is 24.6. The molecular weight excluding hydrogens is 260 g/mol. The molecule has 0 radical (unpaired) electrons. The first-order chi connectivity index (χ1) is 9.50. The maximum absolute atomic E-state index is 11.8. The van der Waals surface area contributed by atoms with Gasteiger partial charge in [-0.25, -0.2) is 0 Å². The fourth-order valence-electron chi connectivity index (χ4n) is 3.06. The smallest absolute Gasteiger partial charge is 0.306 e. The fraction of sp³-hybridized carbons (Fsp3) is 0.857. The van der Waals surface area contributed by atoms with E-state index in [-0.39, 0.29) is 18.4 Å². The molecule has 0 unspecified atom stereocenters. The molecule has 20 heavy (non-hydrogen) atoms. The van der Waals surface area contributed by atoms with Crippen LogP contribution in [0.3, 0.4) is 0 Å². The maximum Gasteiger partial charge on any atom is 0.306 e.